The van der Waals surface area contributed by atoms with Crippen LogP contribution in [0.25, 0.3) is 0 Å². The molecule has 0 aliphatic rings. The highest BCUT2D eigenvalue weighted by molar-refractivity contribution is 6.20. The summed E-state index contributed by atoms with van der Waals surface area (Å²) in [6, 6.07) is 0. The average molecular weight is 205 g/mol. The van der Waals surface area contributed by atoms with Crippen molar-refractivity contribution in [2.45, 2.75) is 56.9 Å². The van der Waals surface area contributed by atoms with E-state index in [1.54, 1.807) is 6.08 Å². The molecule has 0 aromatic heterocycles. The molecule has 0 aromatic rings. The minimum absolute atomic E-state index is 0.126. The molecule has 0 fully saturated rings. The second-order valence-corrected chi connectivity index (χ2v) is 4.12. The van der Waals surface area contributed by atoms with Crippen molar-refractivity contribution >= 4 is 11.6 Å². The van der Waals surface area contributed by atoms with Crippen molar-refractivity contribution in [1.29, 1.82) is 0 Å². The smallest absolute Gasteiger partial charge is 0.0588 e. The maximum Gasteiger partial charge on any atom is 0.0588 e. The Kier molecular flexibility index (Phi) is 8.58. The molecule has 0 saturated heterocycles. The normalized spacial score (nSPS) is 15.3. The van der Waals surface area contributed by atoms with Crippen LogP contribution < -0.4 is 0 Å². The maximum absolute atomic E-state index is 9.42. The summed E-state index contributed by atoms with van der Waals surface area (Å²) >= 11 is 6.05. The van der Waals surface area contributed by atoms with Gasteiger partial charge in [0.2, 0.25) is 0 Å². The first kappa shape index (κ1) is 13.0. The van der Waals surface area contributed by atoms with Crippen LogP contribution in [0.5, 0.6) is 0 Å². The topological polar surface area (TPSA) is 20.2 Å². The van der Waals surface area contributed by atoms with Gasteiger partial charge in [0.25, 0.3) is 0 Å². The third-order valence-electron chi connectivity index (χ3n) is 2.09. The maximum atomic E-state index is 9.42. The molecule has 78 valence electrons. The number of hydrogen-bond acceptors (Lipinski definition) is 1. The van der Waals surface area contributed by atoms with E-state index < -0.39 is 0 Å². The lowest BCUT2D eigenvalue weighted by molar-refractivity contribution is 0.165. The molecule has 0 aromatic carbocycles. The van der Waals surface area contributed by atoms with E-state index in [0.717, 1.165) is 6.42 Å². The van der Waals surface area contributed by atoms with Gasteiger partial charge >= 0.3 is 0 Å². The van der Waals surface area contributed by atoms with Crippen LogP contribution in [0.2, 0.25) is 0 Å². The monoisotopic (exact) mass is 204 g/mol. The molecule has 2 atom stereocenters. The van der Waals surface area contributed by atoms with Gasteiger partial charge in [-0.2, -0.15) is 0 Å². The van der Waals surface area contributed by atoms with Crippen LogP contribution in [0.1, 0.15) is 45.4 Å². The second-order valence-electron chi connectivity index (χ2n) is 3.51. The van der Waals surface area contributed by atoms with Gasteiger partial charge in [-0.3, -0.25) is 0 Å². The Morgan fingerprint density at radius 3 is 2.69 bits per heavy atom. The molecule has 13 heavy (non-hydrogen) atoms. The van der Waals surface area contributed by atoms with Crippen molar-refractivity contribution in [2.75, 3.05) is 0 Å². The van der Waals surface area contributed by atoms with Crippen LogP contribution in [0.3, 0.4) is 0 Å². The van der Waals surface area contributed by atoms with Crippen LogP contribution in [0.4, 0.5) is 0 Å². The highest BCUT2D eigenvalue weighted by Crippen LogP contribution is 2.15. The zero-order chi connectivity index (χ0) is 10.1. The van der Waals surface area contributed by atoms with Crippen molar-refractivity contribution in [2.24, 2.45) is 0 Å². The number of halogens is 1. The average Bonchev–Trinajstić information content (AvgIpc) is 2.05. The van der Waals surface area contributed by atoms with Gasteiger partial charge in [-0.1, -0.05) is 32.3 Å². The molecule has 0 bridgehead atoms. The van der Waals surface area contributed by atoms with Crippen molar-refractivity contribution in [1.82, 2.24) is 0 Å². The van der Waals surface area contributed by atoms with E-state index >= 15 is 0 Å². The predicted octanol–water partition coefficient (Wildman–Crippen LogP) is 3.50. The fourth-order valence-corrected chi connectivity index (χ4v) is 1.68. The summed E-state index contributed by atoms with van der Waals surface area (Å²) in [7, 11) is 0. The van der Waals surface area contributed by atoms with E-state index in [2.05, 4.69) is 13.5 Å². The quantitative estimate of drug-likeness (QED) is 0.365. The van der Waals surface area contributed by atoms with Crippen LogP contribution in [-0.4, -0.2) is 16.6 Å². The molecule has 0 aliphatic heterocycles. The van der Waals surface area contributed by atoms with Crippen molar-refractivity contribution < 1.29 is 5.11 Å². The number of aliphatic hydroxyl groups excluding tert-OH is 1. The van der Waals surface area contributed by atoms with Gasteiger partial charge in [-0.05, 0) is 19.3 Å². The highest BCUT2D eigenvalue weighted by Gasteiger charge is 2.09. The van der Waals surface area contributed by atoms with Gasteiger partial charge in [-0.25, -0.2) is 0 Å². The van der Waals surface area contributed by atoms with Gasteiger partial charge in [0.15, 0.2) is 0 Å². The second kappa shape index (κ2) is 8.58. The van der Waals surface area contributed by atoms with Gasteiger partial charge in [0.05, 0.1) is 6.10 Å². The first-order chi connectivity index (χ1) is 6.20. The highest BCUT2D eigenvalue weighted by atomic mass is 35.5. The Morgan fingerprint density at radius 1 is 1.46 bits per heavy atom. The molecule has 0 radical (unpaired) electrons. The Bertz CT molecular complexity index is 125. The van der Waals surface area contributed by atoms with E-state index in [1.165, 1.54) is 19.3 Å². The number of alkyl halides is 1. The largest absolute Gasteiger partial charge is 0.393 e. The molecule has 1 nitrogen and oxygen atoms in total. The van der Waals surface area contributed by atoms with Crippen molar-refractivity contribution in [3.63, 3.8) is 0 Å². The van der Waals surface area contributed by atoms with Crippen LogP contribution in [0, 0.1) is 0 Å². The lowest BCUT2D eigenvalue weighted by atomic mass is 10.1. The fourth-order valence-electron chi connectivity index (χ4n) is 1.32. The first-order valence-corrected chi connectivity index (χ1v) is 5.57. The lowest BCUT2D eigenvalue weighted by Gasteiger charge is -2.12. The summed E-state index contributed by atoms with van der Waals surface area (Å²) in [6.07, 6.45) is 7.42. The summed E-state index contributed by atoms with van der Waals surface area (Å²) in [5.41, 5.74) is 0. The zero-order valence-corrected chi connectivity index (χ0v) is 9.26. The minimum Gasteiger partial charge on any atom is -0.393 e. The molecule has 0 amide bonds. The van der Waals surface area contributed by atoms with E-state index in [1.807, 2.05) is 0 Å². The van der Waals surface area contributed by atoms with Crippen molar-refractivity contribution in [3.8, 4) is 0 Å². The van der Waals surface area contributed by atoms with E-state index in [0.29, 0.717) is 12.8 Å². The van der Waals surface area contributed by atoms with Gasteiger partial charge in [-0.15, -0.1) is 18.2 Å². The van der Waals surface area contributed by atoms with E-state index in [-0.39, 0.29) is 11.5 Å². The summed E-state index contributed by atoms with van der Waals surface area (Å²) in [6.45, 7) is 5.76. The summed E-state index contributed by atoms with van der Waals surface area (Å²) < 4.78 is 0. The molecule has 0 rings (SSSR count). The summed E-state index contributed by atoms with van der Waals surface area (Å²) in [5.74, 6) is 0. The van der Waals surface area contributed by atoms with E-state index in [4.69, 9.17) is 11.6 Å². The van der Waals surface area contributed by atoms with Crippen molar-refractivity contribution in [3.05, 3.63) is 12.7 Å². The molecule has 2 heteroatoms. The Hall–Kier alpha value is -0.0100. The molecular formula is C11H21ClO. The SMILES string of the molecule is C=CCC(O)CC(Cl)CCCCC. The number of unbranched alkanes of at least 4 members (excludes halogenated alkanes) is 2. The third-order valence-corrected chi connectivity index (χ3v) is 2.48. The minimum atomic E-state index is -0.304. The molecule has 0 heterocycles. The predicted molar refractivity (Wildman–Crippen MR) is 59.2 cm³/mol. The van der Waals surface area contributed by atoms with Gasteiger partial charge < -0.3 is 5.11 Å². The molecule has 0 aliphatic carbocycles. The number of rotatable bonds is 8. The Morgan fingerprint density at radius 2 is 2.15 bits per heavy atom. The molecule has 1 N–H and O–H groups in total. The van der Waals surface area contributed by atoms with Gasteiger partial charge in [0.1, 0.15) is 0 Å². The van der Waals surface area contributed by atoms with Crippen LogP contribution >= 0.6 is 11.6 Å². The van der Waals surface area contributed by atoms with Gasteiger partial charge in [0, 0.05) is 5.38 Å². The number of hydrogen-bond donors (Lipinski definition) is 1. The van der Waals surface area contributed by atoms with E-state index in [9.17, 15) is 5.11 Å². The molecule has 2 unspecified atom stereocenters. The Balaban J connectivity index is 3.37. The first-order valence-electron chi connectivity index (χ1n) is 5.13. The standard InChI is InChI=1S/C11H21ClO/c1-3-5-6-8-10(12)9-11(13)7-4-2/h4,10-11,13H,2-3,5-9H2,1H3. The zero-order valence-electron chi connectivity index (χ0n) is 8.51. The summed E-state index contributed by atoms with van der Waals surface area (Å²) in [5, 5.41) is 9.55. The van der Waals surface area contributed by atoms with Crippen LogP contribution in [0.15, 0.2) is 12.7 Å². The number of aliphatic hydroxyl groups is 1. The Labute approximate surface area is 86.8 Å². The molecule has 0 saturated carbocycles. The lowest BCUT2D eigenvalue weighted by Crippen LogP contribution is -2.12. The third kappa shape index (κ3) is 8.32. The molecule has 0 spiro atoms. The summed E-state index contributed by atoms with van der Waals surface area (Å²) in [4.78, 5) is 0. The van der Waals surface area contributed by atoms with Crippen LogP contribution in [-0.2, 0) is 0 Å². The fraction of sp³-hybridized carbons (Fsp3) is 0.818. The molecular weight excluding hydrogens is 184 g/mol.